The Morgan fingerprint density at radius 3 is 2.38 bits per heavy atom. The first-order valence-electron chi connectivity index (χ1n) is 7.69. The van der Waals surface area contributed by atoms with Crippen LogP contribution in [0.4, 0.5) is 0 Å². The lowest BCUT2D eigenvalue weighted by Crippen LogP contribution is -2.14. The molecule has 3 rings (SSSR count). The van der Waals surface area contributed by atoms with E-state index in [2.05, 4.69) is 0 Å². The summed E-state index contributed by atoms with van der Waals surface area (Å²) in [6.07, 6.45) is 0.416. The van der Waals surface area contributed by atoms with E-state index in [0.717, 1.165) is 21.9 Å². The van der Waals surface area contributed by atoms with Crippen LogP contribution in [0.2, 0.25) is 0 Å². The van der Waals surface area contributed by atoms with E-state index < -0.39 is 11.9 Å². The number of carbonyl (C=O) groups is 1. The molecule has 0 saturated heterocycles. The molecule has 0 aliphatic rings. The Kier molecular flexibility index (Phi) is 4.29. The van der Waals surface area contributed by atoms with Crippen molar-refractivity contribution in [1.82, 2.24) is 0 Å². The predicted octanol–water partition coefficient (Wildman–Crippen LogP) is 3.53. The van der Waals surface area contributed by atoms with E-state index in [4.69, 9.17) is 11.1 Å². The number of nitrogen functional groups attached to an aromatic ring is 1. The fraction of sp³-hybridized carbons (Fsp3) is 0.100. The normalized spacial score (nSPS) is 12.0. The zero-order chi connectivity index (χ0) is 17.1. The van der Waals surface area contributed by atoms with Crippen molar-refractivity contribution in [1.29, 1.82) is 5.41 Å². The molecule has 4 nitrogen and oxygen atoms in total. The van der Waals surface area contributed by atoms with Crippen molar-refractivity contribution in [2.45, 2.75) is 12.3 Å². The van der Waals surface area contributed by atoms with Crippen molar-refractivity contribution >= 4 is 22.6 Å². The lowest BCUT2D eigenvalue weighted by molar-refractivity contribution is -0.138. The van der Waals surface area contributed by atoms with Crippen molar-refractivity contribution in [2.75, 3.05) is 0 Å². The van der Waals surface area contributed by atoms with E-state index in [9.17, 15) is 9.90 Å². The molecule has 0 amide bonds. The Bertz CT molecular complexity index is 904. The number of rotatable bonds is 5. The summed E-state index contributed by atoms with van der Waals surface area (Å²) in [7, 11) is 0. The molecule has 1 atom stereocenters. The minimum Gasteiger partial charge on any atom is -0.481 e. The van der Waals surface area contributed by atoms with Gasteiger partial charge in [-0.3, -0.25) is 10.2 Å². The number of nitrogens with two attached hydrogens (primary N) is 1. The van der Waals surface area contributed by atoms with Crippen LogP contribution in [-0.2, 0) is 11.2 Å². The Balaban J connectivity index is 1.96. The first-order valence-corrected chi connectivity index (χ1v) is 7.69. The third-order valence-corrected chi connectivity index (χ3v) is 4.16. The van der Waals surface area contributed by atoms with Gasteiger partial charge >= 0.3 is 5.97 Å². The number of carboxylic acids is 1. The topological polar surface area (TPSA) is 87.2 Å². The minimum atomic E-state index is -0.834. The molecule has 0 bridgehead atoms. The molecule has 4 N–H and O–H groups in total. The Morgan fingerprint density at radius 1 is 1.00 bits per heavy atom. The van der Waals surface area contributed by atoms with E-state index in [1.54, 1.807) is 0 Å². The SMILES string of the molecule is N=C(N)c1ccc2ccc(CC(C(=O)O)c3ccccc3)cc2c1. The van der Waals surface area contributed by atoms with Crippen LogP contribution >= 0.6 is 0 Å². The van der Waals surface area contributed by atoms with Gasteiger partial charge in [-0.1, -0.05) is 60.7 Å². The molecule has 0 aliphatic heterocycles. The van der Waals surface area contributed by atoms with Crippen molar-refractivity contribution in [3.63, 3.8) is 0 Å². The number of fused-ring (bicyclic) bond motifs is 1. The third-order valence-electron chi connectivity index (χ3n) is 4.16. The van der Waals surface area contributed by atoms with Gasteiger partial charge in [0.15, 0.2) is 0 Å². The summed E-state index contributed by atoms with van der Waals surface area (Å²) in [4.78, 5) is 11.7. The van der Waals surface area contributed by atoms with Gasteiger partial charge in [0.1, 0.15) is 5.84 Å². The van der Waals surface area contributed by atoms with Crippen LogP contribution in [0.5, 0.6) is 0 Å². The maximum atomic E-state index is 11.7. The van der Waals surface area contributed by atoms with Crippen molar-refractivity contribution in [2.24, 2.45) is 5.73 Å². The van der Waals surface area contributed by atoms with Gasteiger partial charge in [-0.2, -0.15) is 0 Å². The molecule has 24 heavy (non-hydrogen) atoms. The van der Waals surface area contributed by atoms with Gasteiger partial charge in [0, 0.05) is 5.56 Å². The summed E-state index contributed by atoms with van der Waals surface area (Å²) in [6.45, 7) is 0. The first kappa shape index (κ1) is 15.7. The highest BCUT2D eigenvalue weighted by atomic mass is 16.4. The lowest BCUT2D eigenvalue weighted by Gasteiger charge is -2.13. The van der Waals surface area contributed by atoms with E-state index >= 15 is 0 Å². The number of benzene rings is 3. The van der Waals surface area contributed by atoms with Gasteiger partial charge in [-0.05, 0) is 34.4 Å². The van der Waals surface area contributed by atoms with Gasteiger partial charge in [0.25, 0.3) is 0 Å². The maximum absolute atomic E-state index is 11.7. The van der Waals surface area contributed by atoms with Crippen LogP contribution in [-0.4, -0.2) is 16.9 Å². The number of hydrogen-bond donors (Lipinski definition) is 3. The highest BCUT2D eigenvalue weighted by molar-refractivity contribution is 5.99. The largest absolute Gasteiger partial charge is 0.481 e. The quantitative estimate of drug-likeness (QED) is 0.497. The molecule has 0 fully saturated rings. The molecule has 1 unspecified atom stereocenters. The molecule has 4 heteroatoms. The number of amidine groups is 1. The number of aliphatic carboxylic acids is 1. The van der Waals surface area contributed by atoms with Gasteiger partial charge in [0.2, 0.25) is 0 Å². The highest BCUT2D eigenvalue weighted by Gasteiger charge is 2.20. The van der Waals surface area contributed by atoms with Crippen LogP contribution in [0, 0.1) is 5.41 Å². The summed E-state index contributed by atoms with van der Waals surface area (Å²) in [5.74, 6) is -1.39. The summed E-state index contributed by atoms with van der Waals surface area (Å²) < 4.78 is 0. The number of hydrogen-bond acceptors (Lipinski definition) is 2. The zero-order valence-corrected chi connectivity index (χ0v) is 13.1. The van der Waals surface area contributed by atoms with Crippen LogP contribution in [0.25, 0.3) is 10.8 Å². The standard InChI is InChI=1S/C20H18N2O2/c21-19(22)16-9-8-14-7-6-13(10-17(14)12-16)11-18(20(23)24)15-4-2-1-3-5-15/h1-10,12,18H,11H2,(H3,21,22)(H,23,24). The molecule has 120 valence electrons. The molecule has 0 heterocycles. The smallest absolute Gasteiger partial charge is 0.311 e. The lowest BCUT2D eigenvalue weighted by atomic mass is 9.91. The molecular weight excluding hydrogens is 300 g/mol. The summed E-state index contributed by atoms with van der Waals surface area (Å²) in [5.41, 5.74) is 7.95. The Labute approximate surface area is 140 Å². The third kappa shape index (κ3) is 3.27. The second-order valence-electron chi connectivity index (χ2n) is 5.82. The summed E-state index contributed by atoms with van der Waals surface area (Å²) in [5, 5.41) is 19.1. The maximum Gasteiger partial charge on any atom is 0.311 e. The van der Waals surface area contributed by atoms with E-state index in [-0.39, 0.29) is 5.84 Å². The molecule has 0 aliphatic carbocycles. The fourth-order valence-corrected chi connectivity index (χ4v) is 2.86. The number of nitrogens with one attached hydrogen (secondary N) is 1. The molecule has 0 spiro atoms. The van der Waals surface area contributed by atoms with Crippen molar-refractivity contribution in [3.05, 3.63) is 83.4 Å². The van der Waals surface area contributed by atoms with E-state index in [1.165, 1.54) is 0 Å². The second kappa shape index (κ2) is 6.54. The van der Waals surface area contributed by atoms with Gasteiger partial charge in [-0.15, -0.1) is 0 Å². The summed E-state index contributed by atoms with van der Waals surface area (Å²) >= 11 is 0. The van der Waals surface area contributed by atoms with Crippen LogP contribution in [0.3, 0.4) is 0 Å². The van der Waals surface area contributed by atoms with Gasteiger partial charge in [-0.25, -0.2) is 0 Å². The average Bonchev–Trinajstić information content (AvgIpc) is 2.59. The van der Waals surface area contributed by atoms with E-state index in [1.807, 2.05) is 66.7 Å². The fourth-order valence-electron chi connectivity index (χ4n) is 2.86. The second-order valence-corrected chi connectivity index (χ2v) is 5.82. The average molecular weight is 318 g/mol. The molecule has 0 saturated carbocycles. The predicted molar refractivity (Wildman–Crippen MR) is 95.5 cm³/mol. The molecular formula is C20H18N2O2. The van der Waals surface area contributed by atoms with Crippen LogP contribution < -0.4 is 5.73 Å². The highest BCUT2D eigenvalue weighted by Crippen LogP contribution is 2.24. The summed E-state index contributed by atoms with van der Waals surface area (Å²) in [6, 6.07) is 20.8. The van der Waals surface area contributed by atoms with Gasteiger partial charge in [0.05, 0.1) is 5.92 Å². The Hall–Kier alpha value is -3.14. The van der Waals surface area contributed by atoms with E-state index in [0.29, 0.717) is 12.0 Å². The first-order chi connectivity index (χ1) is 11.5. The van der Waals surface area contributed by atoms with Crippen LogP contribution in [0.15, 0.2) is 66.7 Å². The monoisotopic (exact) mass is 318 g/mol. The van der Waals surface area contributed by atoms with Crippen molar-refractivity contribution in [3.8, 4) is 0 Å². The van der Waals surface area contributed by atoms with Gasteiger partial charge < -0.3 is 10.8 Å². The zero-order valence-electron chi connectivity index (χ0n) is 13.1. The molecule has 0 radical (unpaired) electrons. The Morgan fingerprint density at radius 2 is 1.71 bits per heavy atom. The molecule has 3 aromatic rings. The number of carboxylic acid groups (broad SMARTS) is 1. The van der Waals surface area contributed by atoms with Crippen LogP contribution in [0.1, 0.15) is 22.6 Å². The molecule has 0 aromatic heterocycles. The van der Waals surface area contributed by atoms with Crippen molar-refractivity contribution < 1.29 is 9.90 Å². The minimum absolute atomic E-state index is 0.0231. The molecule has 3 aromatic carbocycles.